The van der Waals surface area contributed by atoms with E-state index < -0.39 is 36.3 Å². The predicted octanol–water partition coefficient (Wildman–Crippen LogP) is 0.156. The van der Waals surface area contributed by atoms with E-state index in [-0.39, 0.29) is 23.2 Å². The number of benzene rings is 1. The molecule has 1 atom stereocenters. The first-order valence-corrected chi connectivity index (χ1v) is 8.86. The van der Waals surface area contributed by atoms with E-state index >= 15 is 0 Å². The summed E-state index contributed by atoms with van der Waals surface area (Å²) in [4.78, 5) is 50.9. The lowest BCUT2D eigenvalue weighted by molar-refractivity contribution is -0.137. The van der Waals surface area contributed by atoms with Gasteiger partial charge in [-0.2, -0.15) is 5.10 Å². The molecule has 162 valence electrons. The highest BCUT2D eigenvalue weighted by molar-refractivity contribution is 6.00. The third-order valence-corrected chi connectivity index (χ3v) is 3.96. The molecule has 0 aliphatic rings. The SMILES string of the molecule is NN=CNc1cc(C(=O)O)cc(C(=O)NCC(=O)NC(CC(=O)O)c2cccnc2)c1. The van der Waals surface area contributed by atoms with E-state index in [0.29, 0.717) is 5.56 Å². The highest BCUT2D eigenvalue weighted by Gasteiger charge is 2.19. The summed E-state index contributed by atoms with van der Waals surface area (Å²) in [5.74, 6) is 1.27. The molecule has 1 heterocycles. The Kier molecular flexibility index (Phi) is 8.02. The van der Waals surface area contributed by atoms with Gasteiger partial charge in [0.15, 0.2) is 0 Å². The minimum absolute atomic E-state index is 0.0185. The summed E-state index contributed by atoms with van der Waals surface area (Å²) in [7, 11) is 0. The number of amides is 2. The molecule has 31 heavy (non-hydrogen) atoms. The summed E-state index contributed by atoms with van der Waals surface area (Å²) in [5, 5.41) is 29.0. The quantitative estimate of drug-likeness (QED) is 0.132. The Bertz CT molecular complexity index is 995. The molecule has 1 unspecified atom stereocenters. The number of nitrogens with two attached hydrogens (primary N) is 1. The van der Waals surface area contributed by atoms with Crippen LogP contribution in [-0.4, -0.2) is 51.8 Å². The number of hydrogen-bond acceptors (Lipinski definition) is 7. The topological polar surface area (TPSA) is 196 Å². The maximum atomic E-state index is 12.4. The molecule has 0 radical (unpaired) electrons. The van der Waals surface area contributed by atoms with Gasteiger partial charge in [0, 0.05) is 23.6 Å². The highest BCUT2D eigenvalue weighted by atomic mass is 16.4. The maximum Gasteiger partial charge on any atom is 0.335 e. The predicted molar refractivity (Wildman–Crippen MR) is 109 cm³/mol. The minimum Gasteiger partial charge on any atom is -0.481 e. The van der Waals surface area contributed by atoms with Crippen molar-refractivity contribution in [3.05, 3.63) is 59.4 Å². The van der Waals surface area contributed by atoms with Gasteiger partial charge >= 0.3 is 11.9 Å². The van der Waals surface area contributed by atoms with Gasteiger partial charge in [-0.3, -0.25) is 19.4 Å². The molecule has 0 aliphatic heterocycles. The molecule has 0 fully saturated rings. The van der Waals surface area contributed by atoms with Crippen molar-refractivity contribution in [1.29, 1.82) is 0 Å². The number of anilines is 1. The second kappa shape index (κ2) is 10.9. The van der Waals surface area contributed by atoms with Gasteiger partial charge in [-0.15, -0.1) is 0 Å². The van der Waals surface area contributed by atoms with E-state index in [2.05, 4.69) is 26.0 Å². The van der Waals surface area contributed by atoms with Crippen LogP contribution in [0.25, 0.3) is 0 Å². The van der Waals surface area contributed by atoms with Gasteiger partial charge < -0.3 is 32.0 Å². The largest absolute Gasteiger partial charge is 0.481 e. The summed E-state index contributed by atoms with van der Waals surface area (Å²) in [5.41, 5.74) is 0.566. The average Bonchev–Trinajstić information content (AvgIpc) is 2.75. The Hall–Kier alpha value is -4.48. The zero-order valence-corrected chi connectivity index (χ0v) is 16.1. The number of aliphatic carboxylic acids is 1. The van der Waals surface area contributed by atoms with Crippen molar-refractivity contribution in [2.45, 2.75) is 12.5 Å². The second-order valence-corrected chi connectivity index (χ2v) is 6.21. The van der Waals surface area contributed by atoms with Crippen molar-refractivity contribution in [1.82, 2.24) is 15.6 Å². The second-order valence-electron chi connectivity index (χ2n) is 6.21. The summed E-state index contributed by atoms with van der Waals surface area (Å²) < 4.78 is 0. The van der Waals surface area contributed by atoms with Crippen LogP contribution < -0.4 is 21.8 Å². The summed E-state index contributed by atoms with van der Waals surface area (Å²) in [6, 6.07) is 6.16. The van der Waals surface area contributed by atoms with Crippen molar-refractivity contribution in [2.75, 3.05) is 11.9 Å². The number of hydrogen-bond donors (Lipinski definition) is 6. The van der Waals surface area contributed by atoms with E-state index in [1.165, 1.54) is 24.5 Å². The third kappa shape index (κ3) is 7.12. The van der Waals surface area contributed by atoms with Crippen molar-refractivity contribution >= 4 is 35.8 Å². The van der Waals surface area contributed by atoms with E-state index in [1.807, 2.05) is 0 Å². The maximum absolute atomic E-state index is 12.4. The molecule has 1 aromatic carbocycles. The number of aromatic carboxylic acids is 1. The number of rotatable bonds is 10. The number of carbonyl (C=O) groups is 4. The number of nitrogens with zero attached hydrogens (tertiary/aromatic N) is 2. The van der Waals surface area contributed by atoms with Crippen LogP contribution in [0.15, 0.2) is 47.8 Å². The third-order valence-electron chi connectivity index (χ3n) is 3.96. The Morgan fingerprint density at radius 1 is 1.16 bits per heavy atom. The van der Waals surface area contributed by atoms with Crippen molar-refractivity contribution in [3.63, 3.8) is 0 Å². The molecule has 2 amide bonds. The van der Waals surface area contributed by atoms with Crippen LogP contribution >= 0.6 is 0 Å². The molecular weight excluding hydrogens is 408 g/mol. The lowest BCUT2D eigenvalue weighted by Gasteiger charge is -2.17. The fraction of sp³-hybridized carbons (Fsp3) is 0.158. The van der Waals surface area contributed by atoms with Crippen molar-refractivity contribution in [3.8, 4) is 0 Å². The van der Waals surface area contributed by atoms with Crippen LogP contribution in [0.2, 0.25) is 0 Å². The molecular formula is C19H20N6O6. The highest BCUT2D eigenvalue weighted by Crippen LogP contribution is 2.16. The van der Waals surface area contributed by atoms with E-state index in [4.69, 9.17) is 10.9 Å². The van der Waals surface area contributed by atoms with Gasteiger partial charge in [-0.05, 0) is 29.8 Å². The molecule has 7 N–H and O–H groups in total. The Balaban J connectivity index is 2.06. The molecule has 12 heteroatoms. The van der Waals surface area contributed by atoms with Crippen molar-refractivity contribution in [2.24, 2.45) is 10.9 Å². The van der Waals surface area contributed by atoms with Crippen LogP contribution in [0.4, 0.5) is 5.69 Å². The van der Waals surface area contributed by atoms with E-state index in [9.17, 15) is 24.3 Å². The zero-order valence-electron chi connectivity index (χ0n) is 16.1. The van der Waals surface area contributed by atoms with Gasteiger partial charge in [0.25, 0.3) is 5.91 Å². The first-order valence-electron chi connectivity index (χ1n) is 8.86. The van der Waals surface area contributed by atoms with Gasteiger partial charge in [0.1, 0.15) is 6.34 Å². The fourth-order valence-corrected chi connectivity index (χ4v) is 2.59. The van der Waals surface area contributed by atoms with Crippen molar-refractivity contribution < 1.29 is 29.4 Å². The van der Waals surface area contributed by atoms with Gasteiger partial charge in [0.05, 0.1) is 24.6 Å². The zero-order chi connectivity index (χ0) is 22.8. The average molecular weight is 428 g/mol. The first kappa shape index (κ1) is 22.8. The van der Waals surface area contributed by atoms with Crippen LogP contribution in [0, 0.1) is 0 Å². The summed E-state index contributed by atoms with van der Waals surface area (Å²) in [6.07, 6.45) is 3.68. The van der Waals surface area contributed by atoms with Crippen LogP contribution in [0.1, 0.15) is 38.7 Å². The normalized spacial score (nSPS) is 11.5. The molecule has 12 nitrogen and oxygen atoms in total. The number of carboxylic acids is 2. The fourth-order valence-electron chi connectivity index (χ4n) is 2.59. The molecule has 2 aromatic rings. The molecule has 2 rings (SSSR count). The number of carboxylic acid groups (broad SMARTS) is 2. The van der Waals surface area contributed by atoms with Gasteiger partial charge in [0.2, 0.25) is 5.91 Å². The Morgan fingerprint density at radius 2 is 1.90 bits per heavy atom. The van der Waals surface area contributed by atoms with E-state index in [1.54, 1.807) is 12.1 Å². The summed E-state index contributed by atoms with van der Waals surface area (Å²) >= 11 is 0. The number of aromatic nitrogens is 1. The van der Waals surface area contributed by atoms with Crippen LogP contribution in [-0.2, 0) is 9.59 Å². The number of carbonyl (C=O) groups excluding carboxylic acids is 2. The van der Waals surface area contributed by atoms with Crippen LogP contribution in [0.3, 0.4) is 0 Å². The molecule has 1 aromatic heterocycles. The lowest BCUT2D eigenvalue weighted by atomic mass is 10.1. The number of hydrazone groups is 1. The molecule has 0 aliphatic carbocycles. The Morgan fingerprint density at radius 3 is 2.52 bits per heavy atom. The first-order chi connectivity index (χ1) is 14.8. The number of nitrogens with one attached hydrogen (secondary N) is 3. The lowest BCUT2D eigenvalue weighted by Crippen LogP contribution is -2.39. The van der Waals surface area contributed by atoms with Crippen LogP contribution in [0.5, 0.6) is 0 Å². The molecule has 0 saturated carbocycles. The molecule has 0 spiro atoms. The van der Waals surface area contributed by atoms with Gasteiger partial charge in [-0.25, -0.2) is 4.79 Å². The smallest absolute Gasteiger partial charge is 0.335 e. The molecule has 0 saturated heterocycles. The minimum atomic E-state index is -1.26. The van der Waals surface area contributed by atoms with Gasteiger partial charge in [-0.1, -0.05) is 6.07 Å². The summed E-state index contributed by atoms with van der Waals surface area (Å²) in [6.45, 7) is -0.459. The monoisotopic (exact) mass is 428 g/mol. The molecule has 0 bridgehead atoms. The Labute approximate surface area is 176 Å². The van der Waals surface area contributed by atoms with E-state index in [0.717, 1.165) is 12.4 Å². The number of pyridine rings is 1. The standard InChI is InChI=1S/C19H20N6O6/c20-24-10-23-14-5-12(4-13(6-14)19(30)31)18(29)22-9-16(26)25-15(7-17(27)28)11-2-1-3-21-8-11/h1-6,8,10,15H,7,9,20H2,(H,22,29)(H,23,24)(H,25,26)(H,27,28)(H,30,31).